The van der Waals surface area contributed by atoms with Gasteiger partial charge in [0.05, 0.1) is 11.7 Å². The van der Waals surface area contributed by atoms with Crippen molar-refractivity contribution in [3.63, 3.8) is 0 Å². The van der Waals surface area contributed by atoms with Gasteiger partial charge in [0.2, 0.25) is 0 Å². The number of oxime groups is 1. The molecule has 0 aromatic heterocycles. The summed E-state index contributed by atoms with van der Waals surface area (Å²) in [5.41, 5.74) is 6.32. The third-order valence-electron chi connectivity index (χ3n) is 3.51. The van der Waals surface area contributed by atoms with Crippen LogP contribution in [-0.2, 0) is 0 Å². The molecule has 0 radical (unpaired) electrons. The van der Waals surface area contributed by atoms with Gasteiger partial charge in [0.1, 0.15) is 5.75 Å². The van der Waals surface area contributed by atoms with Crippen LogP contribution in [0.5, 0.6) is 5.75 Å². The monoisotopic (exact) mass is 326 g/mol. The Hall–Kier alpha value is -1.23. The van der Waals surface area contributed by atoms with Gasteiger partial charge >= 0.3 is 0 Å². The number of hydrogen-bond donors (Lipinski definition) is 2. The zero-order valence-electron chi connectivity index (χ0n) is 11.0. The predicted molar refractivity (Wildman–Crippen MR) is 78.7 cm³/mol. The fourth-order valence-corrected chi connectivity index (χ4v) is 2.89. The second-order valence-electron chi connectivity index (χ2n) is 5.14. The van der Waals surface area contributed by atoms with Crippen molar-refractivity contribution in [2.45, 2.75) is 38.7 Å². The van der Waals surface area contributed by atoms with Gasteiger partial charge in [0, 0.05) is 4.47 Å². The van der Waals surface area contributed by atoms with E-state index >= 15 is 0 Å². The van der Waals surface area contributed by atoms with Crippen LogP contribution < -0.4 is 10.5 Å². The maximum absolute atomic E-state index is 8.84. The summed E-state index contributed by atoms with van der Waals surface area (Å²) in [6.45, 7) is 2.25. The smallest absolute Gasteiger partial charge is 0.173 e. The fourth-order valence-electron chi connectivity index (χ4n) is 2.52. The molecule has 1 aliphatic rings. The van der Waals surface area contributed by atoms with Crippen molar-refractivity contribution >= 4 is 21.8 Å². The molecule has 1 aromatic carbocycles. The molecule has 0 saturated heterocycles. The molecule has 1 aliphatic carbocycles. The minimum atomic E-state index is 0.0696. The zero-order chi connectivity index (χ0) is 13.8. The first kappa shape index (κ1) is 14.2. The van der Waals surface area contributed by atoms with Crippen molar-refractivity contribution in [3.05, 3.63) is 28.2 Å². The lowest BCUT2D eigenvalue weighted by atomic mass is 9.88. The van der Waals surface area contributed by atoms with Crippen LogP contribution in [0, 0.1) is 5.92 Å². The van der Waals surface area contributed by atoms with Gasteiger partial charge in [0.15, 0.2) is 5.84 Å². The van der Waals surface area contributed by atoms with E-state index in [4.69, 9.17) is 15.7 Å². The Morgan fingerprint density at radius 3 is 2.95 bits per heavy atom. The molecule has 3 N–H and O–H groups in total. The summed E-state index contributed by atoms with van der Waals surface area (Å²) in [6, 6.07) is 5.56. The lowest BCUT2D eigenvalue weighted by Gasteiger charge is -2.28. The molecule has 0 amide bonds. The van der Waals surface area contributed by atoms with Crippen molar-refractivity contribution in [2.75, 3.05) is 0 Å². The summed E-state index contributed by atoms with van der Waals surface area (Å²) >= 11 is 3.38. The van der Waals surface area contributed by atoms with Gasteiger partial charge in [-0.1, -0.05) is 34.4 Å². The second-order valence-corrected chi connectivity index (χ2v) is 6.05. The van der Waals surface area contributed by atoms with Gasteiger partial charge in [0.25, 0.3) is 0 Å². The van der Waals surface area contributed by atoms with Gasteiger partial charge in [-0.25, -0.2) is 0 Å². The van der Waals surface area contributed by atoms with E-state index in [9.17, 15) is 0 Å². The van der Waals surface area contributed by atoms with E-state index in [-0.39, 0.29) is 11.9 Å². The number of benzene rings is 1. The first-order chi connectivity index (χ1) is 9.10. The average Bonchev–Trinajstić information content (AvgIpc) is 2.40. The highest BCUT2D eigenvalue weighted by Gasteiger charge is 2.21. The van der Waals surface area contributed by atoms with E-state index in [1.807, 2.05) is 12.1 Å². The van der Waals surface area contributed by atoms with Crippen LogP contribution in [-0.4, -0.2) is 17.1 Å². The van der Waals surface area contributed by atoms with Crippen LogP contribution in [0.25, 0.3) is 0 Å². The lowest BCUT2D eigenvalue weighted by Crippen LogP contribution is -2.25. The van der Waals surface area contributed by atoms with Crippen LogP contribution in [0.3, 0.4) is 0 Å². The van der Waals surface area contributed by atoms with Gasteiger partial charge < -0.3 is 15.7 Å². The third kappa shape index (κ3) is 3.62. The molecule has 0 aliphatic heterocycles. The Labute approximate surface area is 121 Å². The molecule has 1 aromatic rings. The van der Waals surface area contributed by atoms with Crippen molar-refractivity contribution < 1.29 is 9.94 Å². The van der Waals surface area contributed by atoms with Crippen molar-refractivity contribution in [3.8, 4) is 5.75 Å². The summed E-state index contributed by atoms with van der Waals surface area (Å²) in [4.78, 5) is 0. The number of amidine groups is 1. The van der Waals surface area contributed by atoms with Crippen LogP contribution in [0.1, 0.15) is 38.2 Å². The van der Waals surface area contributed by atoms with Crippen LogP contribution >= 0.6 is 15.9 Å². The van der Waals surface area contributed by atoms with E-state index in [2.05, 4.69) is 28.0 Å². The van der Waals surface area contributed by atoms with E-state index < -0.39 is 0 Å². The van der Waals surface area contributed by atoms with E-state index in [1.54, 1.807) is 6.07 Å². The summed E-state index contributed by atoms with van der Waals surface area (Å²) in [7, 11) is 0. The molecule has 19 heavy (non-hydrogen) atoms. The highest BCUT2D eigenvalue weighted by molar-refractivity contribution is 9.10. The molecule has 0 spiro atoms. The molecule has 0 heterocycles. The Morgan fingerprint density at radius 1 is 1.47 bits per heavy atom. The second kappa shape index (κ2) is 6.28. The van der Waals surface area contributed by atoms with Crippen molar-refractivity contribution in [1.82, 2.24) is 0 Å². The van der Waals surface area contributed by atoms with E-state index in [1.165, 1.54) is 12.8 Å². The maximum atomic E-state index is 8.84. The van der Waals surface area contributed by atoms with Crippen LogP contribution in [0.2, 0.25) is 0 Å². The number of ether oxygens (including phenoxy) is 1. The SMILES string of the molecule is CC1CCCC(Oc2ccc(Br)cc2/C(N)=N/O)C1. The average molecular weight is 327 g/mol. The highest BCUT2D eigenvalue weighted by atomic mass is 79.9. The lowest BCUT2D eigenvalue weighted by molar-refractivity contribution is 0.129. The first-order valence-corrected chi connectivity index (χ1v) is 7.33. The number of halogens is 1. The molecular weight excluding hydrogens is 308 g/mol. The van der Waals surface area contributed by atoms with Gasteiger partial charge in [-0.15, -0.1) is 0 Å². The normalized spacial score (nSPS) is 24.2. The molecule has 4 nitrogen and oxygen atoms in total. The van der Waals surface area contributed by atoms with Gasteiger partial charge in [-0.3, -0.25) is 0 Å². The molecule has 5 heteroatoms. The number of hydrogen-bond acceptors (Lipinski definition) is 3. The summed E-state index contributed by atoms with van der Waals surface area (Å²) in [5.74, 6) is 1.44. The van der Waals surface area contributed by atoms with Crippen LogP contribution in [0.4, 0.5) is 0 Å². The molecular formula is C14H19BrN2O2. The fraction of sp³-hybridized carbons (Fsp3) is 0.500. The van der Waals surface area contributed by atoms with E-state index in [0.29, 0.717) is 17.2 Å². The highest BCUT2D eigenvalue weighted by Crippen LogP contribution is 2.30. The topological polar surface area (TPSA) is 67.8 Å². The standard InChI is InChI=1S/C14H19BrN2O2/c1-9-3-2-4-11(7-9)19-13-6-5-10(15)8-12(13)14(16)17-18/h5-6,8-9,11,18H,2-4,7H2,1H3,(H2,16,17). The zero-order valence-corrected chi connectivity index (χ0v) is 12.6. The Morgan fingerprint density at radius 2 is 2.26 bits per heavy atom. The van der Waals surface area contributed by atoms with Gasteiger partial charge in [-0.05, 0) is 43.4 Å². The summed E-state index contributed by atoms with van der Waals surface area (Å²) in [6.07, 6.45) is 4.81. The minimum Gasteiger partial charge on any atom is -0.490 e. The number of nitrogens with two attached hydrogens (primary N) is 1. The Balaban J connectivity index is 2.19. The van der Waals surface area contributed by atoms with Crippen molar-refractivity contribution in [2.24, 2.45) is 16.8 Å². The third-order valence-corrected chi connectivity index (χ3v) is 4.00. The molecule has 104 valence electrons. The van der Waals surface area contributed by atoms with Crippen LogP contribution in [0.15, 0.2) is 27.8 Å². The molecule has 0 bridgehead atoms. The number of rotatable bonds is 3. The summed E-state index contributed by atoms with van der Waals surface area (Å²) in [5, 5.41) is 11.9. The molecule has 2 rings (SSSR count). The van der Waals surface area contributed by atoms with Crippen molar-refractivity contribution in [1.29, 1.82) is 0 Å². The maximum Gasteiger partial charge on any atom is 0.173 e. The van der Waals surface area contributed by atoms with E-state index in [0.717, 1.165) is 17.3 Å². The quantitative estimate of drug-likeness (QED) is 0.386. The molecule has 1 saturated carbocycles. The largest absolute Gasteiger partial charge is 0.490 e. The molecule has 1 fully saturated rings. The minimum absolute atomic E-state index is 0.0696. The number of nitrogens with zero attached hydrogens (tertiary/aromatic N) is 1. The molecule has 2 unspecified atom stereocenters. The summed E-state index contributed by atoms with van der Waals surface area (Å²) < 4.78 is 6.92. The predicted octanol–water partition coefficient (Wildman–Crippen LogP) is 3.50. The molecule has 2 atom stereocenters. The first-order valence-electron chi connectivity index (χ1n) is 6.54. The Kier molecular flexibility index (Phi) is 4.69. The Bertz CT molecular complexity index is 477. The van der Waals surface area contributed by atoms with Gasteiger partial charge in [-0.2, -0.15) is 0 Å².